The van der Waals surface area contributed by atoms with E-state index in [0.29, 0.717) is 6.61 Å². The van der Waals surface area contributed by atoms with E-state index >= 15 is 0 Å². The molecule has 0 radical (unpaired) electrons. The number of nitrogens with one attached hydrogen (secondary N) is 1. The summed E-state index contributed by atoms with van der Waals surface area (Å²) in [5, 5.41) is 7.22. The minimum Gasteiger partial charge on any atom is -0.385 e. The average Bonchev–Trinajstić information content (AvgIpc) is 2.30. The van der Waals surface area contributed by atoms with Gasteiger partial charge in [-0.25, -0.2) is 0 Å². The van der Waals surface area contributed by atoms with Gasteiger partial charge in [0, 0.05) is 26.3 Å². The molecule has 1 fully saturated rings. The summed E-state index contributed by atoms with van der Waals surface area (Å²) in [6, 6.07) is 0. The first-order chi connectivity index (χ1) is 8.09. The van der Waals surface area contributed by atoms with Crippen LogP contribution in [0.5, 0.6) is 0 Å². The third kappa shape index (κ3) is 6.00. The van der Waals surface area contributed by atoms with E-state index in [1.54, 1.807) is 6.92 Å². The van der Waals surface area contributed by atoms with Crippen LogP contribution in [0.1, 0.15) is 19.8 Å². The Morgan fingerprint density at radius 2 is 2.18 bits per heavy atom. The molecule has 0 aromatic carbocycles. The lowest BCUT2D eigenvalue weighted by molar-refractivity contribution is 0.0467. The maximum atomic E-state index is 7.22. The van der Waals surface area contributed by atoms with Gasteiger partial charge in [0.15, 0.2) is 0 Å². The van der Waals surface area contributed by atoms with E-state index in [0.717, 1.165) is 45.1 Å². The molecule has 0 aliphatic carbocycles. The fourth-order valence-electron chi connectivity index (χ4n) is 1.94. The van der Waals surface area contributed by atoms with Crippen LogP contribution in [0.2, 0.25) is 0 Å². The van der Waals surface area contributed by atoms with Gasteiger partial charge in [0.1, 0.15) is 11.9 Å². The molecule has 0 bridgehead atoms. The maximum Gasteiger partial charge on any atom is 0.120 e. The highest BCUT2D eigenvalue weighted by molar-refractivity contribution is 5.81. The molecule has 1 atom stereocenters. The first kappa shape index (κ1) is 14.4. The second-order valence-electron chi connectivity index (χ2n) is 4.79. The average molecular weight is 243 g/mol. The van der Waals surface area contributed by atoms with Gasteiger partial charge in [-0.2, -0.15) is 0 Å². The number of ether oxygens (including phenoxy) is 2. The number of likely N-dealkylation sites (N-methyl/N-ethyl adjacent to an activating group) is 1. The van der Waals surface area contributed by atoms with Gasteiger partial charge < -0.3 is 20.1 Å². The van der Waals surface area contributed by atoms with Crippen LogP contribution in [0.4, 0.5) is 0 Å². The zero-order chi connectivity index (χ0) is 12.7. The molecule has 3 N–H and O–H groups in total. The van der Waals surface area contributed by atoms with Crippen molar-refractivity contribution >= 4 is 5.84 Å². The first-order valence-corrected chi connectivity index (χ1v) is 6.31. The highest BCUT2D eigenvalue weighted by atomic mass is 16.5. The van der Waals surface area contributed by atoms with Crippen LogP contribution in [0.25, 0.3) is 0 Å². The number of nitrogens with zero attached hydrogens (tertiary/aromatic N) is 1. The normalized spacial score (nSPS) is 19.5. The summed E-state index contributed by atoms with van der Waals surface area (Å²) in [5.41, 5.74) is 5.33. The third-order valence-electron chi connectivity index (χ3n) is 3.19. The van der Waals surface area contributed by atoms with Crippen LogP contribution < -0.4 is 5.73 Å². The zero-order valence-corrected chi connectivity index (χ0v) is 10.9. The van der Waals surface area contributed by atoms with Crippen molar-refractivity contribution in [1.29, 1.82) is 5.41 Å². The zero-order valence-electron chi connectivity index (χ0n) is 10.9. The van der Waals surface area contributed by atoms with Crippen molar-refractivity contribution in [2.24, 2.45) is 11.7 Å². The fraction of sp³-hybridized carbons (Fsp3) is 0.917. The van der Waals surface area contributed by atoms with E-state index in [9.17, 15) is 0 Å². The van der Waals surface area contributed by atoms with Gasteiger partial charge in [-0.15, -0.1) is 0 Å². The Hall–Kier alpha value is -0.650. The smallest absolute Gasteiger partial charge is 0.120 e. The van der Waals surface area contributed by atoms with Crippen LogP contribution in [0.3, 0.4) is 0 Å². The Balaban J connectivity index is 2.08. The van der Waals surface area contributed by atoms with Crippen LogP contribution in [0, 0.1) is 11.3 Å². The lowest BCUT2D eigenvalue weighted by Gasteiger charge is -2.27. The molecule has 0 spiro atoms. The van der Waals surface area contributed by atoms with E-state index in [1.165, 1.54) is 0 Å². The van der Waals surface area contributed by atoms with Gasteiger partial charge in [-0.05, 0) is 32.7 Å². The minimum absolute atomic E-state index is 0.0945. The molecule has 1 unspecified atom stereocenters. The van der Waals surface area contributed by atoms with Crippen LogP contribution in [0.15, 0.2) is 0 Å². The molecule has 17 heavy (non-hydrogen) atoms. The molecule has 0 aromatic heterocycles. The summed E-state index contributed by atoms with van der Waals surface area (Å²) in [6.45, 7) is 6.21. The largest absolute Gasteiger partial charge is 0.385 e. The van der Waals surface area contributed by atoms with Gasteiger partial charge in [0.05, 0.1) is 6.61 Å². The molecule has 1 rings (SSSR count). The maximum absolute atomic E-state index is 7.22. The molecule has 1 heterocycles. The van der Waals surface area contributed by atoms with Crippen molar-refractivity contribution in [3.8, 4) is 0 Å². The molecule has 0 aromatic rings. The monoisotopic (exact) mass is 243 g/mol. The lowest BCUT2D eigenvalue weighted by Crippen LogP contribution is -2.34. The van der Waals surface area contributed by atoms with Gasteiger partial charge >= 0.3 is 0 Å². The predicted octanol–water partition coefficient (Wildman–Crippen LogP) is 0.686. The highest BCUT2D eigenvalue weighted by Crippen LogP contribution is 2.15. The van der Waals surface area contributed by atoms with Crippen molar-refractivity contribution < 1.29 is 9.47 Å². The summed E-state index contributed by atoms with van der Waals surface area (Å²) in [6.07, 6.45) is 2.05. The van der Waals surface area contributed by atoms with Gasteiger partial charge in [0.25, 0.3) is 0 Å². The number of nitrogens with two attached hydrogens (primary N) is 1. The Morgan fingerprint density at radius 1 is 1.53 bits per heavy atom. The topological polar surface area (TPSA) is 71.6 Å². The molecular weight excluding hydrogens is 218 g/mol. The lowest BCUT2D eigenvalue weighted by atomic mass is 10.00. The number of hydrogen-bond donors (Lipinski definition) is 2. The van der Waals surface area contributed by atoms with E-state index in [4.69, 9.17) is 20.6 Å². The Labute approximate surface area is 104 Å². The quantitative estimate of drug-likeness (QED) is 0.509. The van der Waals surface area contributed by atoms with Crippen molar-refractivity contribution in [3.63, 3.8) is 0 Å². The van der Waals surface area contributed by atoms with Crippen LogP contribution >= 0.6 is 0 Å². The summed E-state index contributed by atoms with van der Waals surface area (Å²) >= 11 is 0. The van der Waals surface area contributed by atoms with E-state index in [2.05, 4.69) is 11.9 Å². The van der Waals surface area contributed by atoms with Gasteiger partial charge in [0.2, 0.25) is 0 Å². The third-order valence-corrected chi connectivity index (χ3v) is 3.19. The van der Waals surface area contributed by atoms with E-state index in [-0.39, 0.29) is 11.9 Å². The molecule has 100 valence electrons. The molecule has 5 nitrogen and oxygen atoms in total. The fourth-order valence-corrected chi connectivity index (χ4v) is 1.94. The standard InChI is InChI=1S/C12H25N3O2/c1-10(12(13)14)17-8-5-15(2)9-11-3-6-16-7-4-11/h10-11H,3-9H2,1-2H3,(H3,13,14). The Bertz CT molecular complexity index is 230. The van der Waals surface area contributed by atoms with Crippen molar-refractivity contribution in [1.82, 2.24) is 4.90 Å². The van der Waals surface area contributed by atoms with E-state index < -0.39 is 0 Å². The van der Waals surface area contributed by atoms with Gasteiger partial charge in [-0.3, -0.25) is 5.41 Å². The van der Waals surface area contributed by atoms with E-state index in [1.807, 2.05) is 0 Å². The Morgan fingerprint density at radius 3 is 2.76 bits per heavy atom. The van der Waals surface area contributed by atoms with Crippen LogP contribution in [-0.2, 0) is 9.47 Å². The second kappa shape index (κ2) is 7.63. The number of amidine groups is 1. The molecule has 1 aliphatic heterocycles. The molecule has 5 heteroatoms. The first-order valence-electron chi connectivity index (χ1n) is 6.31. The summed E-state index contributed by atoms with van der Waals surface area (Å²) in [5.74, 6) is 0.844. The minimum atomic E-state index is -0.272. The molecule has 0 saturated carbocycles. The van der Waals surface area contributed by atoms with Gasteiger partial charge in [-0.1, -0.05) is 0 Å². The summed E-state index contributed by atoms with van der Waals surface area (Å²) in [7, 11) is 2.11. The molecule has 1 aliphatic rings. The van der Waals surface area contributed by atoms with Crippen molar-refractivity contribution in [2.75, 3.05) is 40.0 Å². The number of rotatable bonds is 7. The second-order valence-corrected chi connectivity index (χ2v) is 4.79. The summed E-state index contributed by atoms with van der Waals surface area (Å²) in [4.78, 5) is 2.28. The molecular formula is C12H25N3O2. The Kier molecular flexibility index (Phi) is 6.47. The SMILES string of the molecule is CC(OCCN(C)CC1CCOCC1)C(=N)N. The predicted molar refractivity (Wildman–Crippen MR) is 68.4 cm³/mol. The van der Waals surface area contributed by atoms with Crippen molar-refractivity contribution in [2.45, 2.75) is 25.9 Å². The van der Waals surface area contributed by atoms with Crippen LogP contribution in [-0.4, -0.2) is 56.8 Å². The molecule has 0 amide bonds. The summed E-state index contributed by atoms with van der Waals surface area (Å²) < 4.78 is 10.8. The highest BCUT2D eigenvalue weighted by Gasteiger charge is 2.15. The molecule has 1 saturated heterocycles. The number of hydrogen-bond acceptors (Lipinski definition) is 4. The van der Waals surface area contributed by atoms with Crippen molar-refractivity contribution in [3.05, 3.63) is 0 Å².